The predicted octanol–water partition coefficient (Wildman–Crippen LogP) is 3.91. The fraction of sp³-hybridized carbons (Fsp3) is 0.200. The number of aryl methyl sites for hydroxylation is 1. The number of carbonyl (C=O) groups is 1. The van der Waals surface area contributed by atoms with Crippen molar-refractivity contribution in [3.63, 3.8) is 0 Å². The van der Waals surface area contributed by atoms with Crippen LogP contribution in [0.15, 0.2) is 52.0 Å². The molecule has 134 valence electrons. The van der Waals surface area contributed by atoms with Gasteiger partial charge in [0.1, 0.15) is 5.58 Å². The van der Waals surface area contributed by atoms with Crippen LogP contribution in [0.25, 0.3) is 11.0 Å². The molecule has 0 atom stereocenters. The molecule has 2 aromatic carbocycles. The molecule has 0 spiro atoms. The zero-order valence-corrected chi connectivity index (χ0v) is 15.1. The first-order chi connectivity index (χ1) is 12.5. The molecule has 26 heavy (non-hydrogen) atoms. The number of amides is 1. The second kappa shape index (κ2) is 7.31. The van der Waals surface area contributed by atoms with Gasteiger partial charge in [0.05, 0.1) is 19.9 Å². The average Bonchev–Trinajstić information content (AvgIpc) is 3.02. The van der Waals surface area contributed by atoms with Crippen LogP contribution < -0.4 is 14.9 Å². The number of rotatable bonds is 5. The Morgan fingerprint density at radius 3 is 2.50 bits per heavy atom. The molecule has 1 aromatic heterocycles. The Labute approximate surface area is 151 Å². The van der Waals surface area contributed by atoms with Crippen LogP contribution in [-0.4, -0.2) is 25.8 Å². The number of furan rings is 1. The first kappa shape index (κ1) is 17.5. The summed E-state index contributed by atoms with van der Waals surface area (Å²) in [7, 11) is 3.15. The van der Waals surface area contributed by atoms with Crippen molar-refractivity contribution < 1.29 is 18.7 Å². The van der Waals surface area contributed by atoms with Crippen molar-refractivity contribution in [3.05, 3.63) is 59.4 Å². The Bertz CT molecular complexity index is 989. The number of hydrogen-bond acceptors (Lipinski definition) is 5. The zero-order chi connectivity index (χ0) is 18.7. The molecule has 0 aliphatic heterocycles. The summed E-state index contributed by atoms with van der Waals surface area (Å²) in [6.07, 6.45) is 0. The maximum Gasteiger partial charge on any atom is 0.307 e. The third kappa shape index (κ3) is 3.26. The van der Waals surface area contributed by atoms with E-state index in [2.05, 4.69) is 10.5 Å². The zero-order valence-electron chi connectivity index (χ0n) is 15.1. The minimum absolute atomic E-state index is 0.259. The number of methoxy groups -OCH3 is 2. The molecule has 0 radical (unpaired) electrons. The van der Waals surface area contributed by atoms with Gasteiger partial charge in [-0.2, -0.15) is 5.10 Å². The average molecular weight is 352 g/mol. The lowest BCUT2D eigenvalue weighted by Gasteiger charge is -2.09. The summed E-state index contributed by atoms with van der Waals surface area (Å²) in [6, 6.07) is 13.0. The van der Waals surface area contributed by atoms with Crippen molar-refractivity contribution in [2.24, 2.45) is 5.10 Å². The normalized spacial score (nSPS) is 11.5. The van der Waals surface area contributed by atoms with E-state index in [9.17, 15) is 4.79 Å². The number of nitrogens with one attached hydrogen (secondary N) is 1. The van der Waals surface area contributed by atoms with Gasteiger partial charge in [-0.3, -0.25) is 4.79 Å². The Kier molecular flexibility index (Phi) is 4.93. The molecule has 6 nitrogen and oxygen atoms in total. The summed E-state index contributed by atoms with van der Waals surface area (Å²) < 4.78 is 16.2. The van der Waals surface area contributed by atoms with Crippen LogP contribution in [0, 0.1) is 6.92 Å². The molecule has 6 heteroatoms. The van der Waals surface area contributed by atoms with Crippen molar-refractivity contribution in [3.8, 4) is 11.5 Å². The summed E-state index contributed by atoms with van der Waals surface area (Å²) >= 11 is 0. The van der Waals surface area contributed by atoms with Crippen molar-refractivity contribution in [1.82, 2.24) is 5.43 Å². The van der Waals surface area contributed by atoms with Crippen molar-refractivity contribution >= 4 is 22.6 Å². The van der Waals surface area contributed by atoms with Crippen LogP contribution in [0.5, 0.6) is 11.5 Å². The molecule has 1 N–H and O–H groups in total. The minimum Gasteiger partial charge on any atom is -0.493 e. The largest absolute Gasteiger partial charge is 0.493 e. The van der Waals surface area contributed by atoms with Gasteiger partial charge in [-0.25, -0.2) is 5.43 Å². The smallest absolute Gasteiger partial charge is 0.307 e. The maximum absolute atomic E-state index is 12.4. The van der Waals surface area contributed by atoms with Crippen molar-refractivity contribution in [1.29, 1.82) is 0 Å². The fourth-order valence-corrected chi connectivity index (χ4v) is 2.70. The molecule has 0 saturated heterocycles. The van der Waals surface area contributed by atoms with E-state index in [0.717, 1.165) is 16.5 Å². The molecule has 3 aromatic rings. The van der Waals surface area contributed by atoms with Crippen molar-refractivity contribution in [2.75, 3.05) is 14.2 Å². The highest BCUT2D eigenvalue weighted by Crippen LogP contribution is 2.28. The number of carbonyl (C=O) groups excluding carboxylic acids is 1. The van der Waals surface area contributed by atoms with Crippen LogP contribution in [0.3, 0.4) is 0 Å². The molecular formula is C20H20N2O4. The highest BCUT2D eigenvalue weighted by molar-refractivity contribution is 6.02. The van der Waals surface area contributed by atoms with E-state index in [-0.39, 0.29) is 5.76 Å². The number of hydrogen-bond donors (Lipinski definition) is 1. The molecule has 1 heterocycles. The summed E-state index contributed by atoms with van der Waals surface area (Å²) in [6.45, 7) is 3.65. The Morgan fingerprint density at radius 2 is 1.81 bits per heavy atom. The molecule has 0 saturated carbocycles. The van der Waals surface area contributed by atoms with Gasteiger partial charge in [-0.05, 0) is 38.1 Å². The number of ether oxygens (including phenoxy) is 2. The molecule has 1 amide bonds. The monoisotopic (exact) mass is 352 g/mol. The minimum atomic E-state index is -0.390. The standard InChI is InChI=1S/C20H20N2O4/c1-12-15-7-5-6-8-16(15)26-19(12)20(23)22-21-13(2)14-9-10-17(24-3)18(11-14)25-4/h5-11H,1-4H3,(H,22,23)/b21-13-. The van der Waals surface area contributed by atoms with Crippen molar-refractivity contribution in [2.45, 2.75) is 13.8 Å². The van der Waals surface area contributed by atoms with E-state index >= 15 is 0 Å². The van der Waals surface area contributed by atoms with Gasteiger partial charge in [0.25, 0.3) is 0 Å². The maximum atomic E-state index is 12.4. The SMILES string of the molecule is COc1ccc(/C(C)=N\NC(=O)c2oc3ccccc3c2C)cc1OC. The van der Waals surface area contributed by atoms with E-state index in [1.807, 2.05) is 37.3 Å². The third-order valence-corrected chi connectivity index (χ3v) is 4.18. The third-order valence-electron chi connectivity index (χ3n) is 4.18. The van der Waals surface area contributed by atoms with Crippen LogP contribution in [-0.2, 0) is 0 Å². The fourth-order valence-electron chi connectivity index (χ4n) is 2.70. The van der Waals surface area contributed by atoms with Gasteiger partial charge < -0.3 is 13.9 Å². The molecule has 0 aliphatic rings. The van der Waals surface area contributed by atoms with Gasteiger partial charge in [0.2, 0.25) is 0 Å². The predicted molar refractivity (Wildman–Crippen MR) is 100 cm³/mol. The second-order valence-corrected chi connectivity index (χ2v) is 5.76. The summed E-state index contributed by atoms with van der Waals surface area (Å²) in [4.78, 5) is 12.4. The second-order valence-electron chi connectivity index (χ2n) is 5.76. The van der Waals surface area contributed by atoms with E-state index < -0.39 is 5.91 Å². The van der Waals surface area contributed by atoms with E-state index in [1.165, 1.54) is 0 Å². The van der Waals surface area contributed by atoms with E-state index in [4.69, 9.17) is 13.9 Å². The summed E-state index contributed by atoms with van der Waals surface area (Å²) in [5.41, 5.74) is 5.46. The molecule has 0 bridgehead atoms. The number of hydrazone groups is 1. The van der Waals surface area contributed by atoms with Crippen LogP contribution >= 0.6 is 0 Å². The van der Waals surface area contributed by atoms with Gasteiger partial charge in [-0.1, -0.05) is 18.2 Å². The highest BCUT2D eigenvalue weighted by Gasteiger charge is 2.17. The highest BCUT2D eigenvalue weighted by atomic mass is 16.5. The van der Waals surface area contributed by atoms with Gasteiger partial charge in [0.15, 0.2) is 17.3 Å². The molecule has 0 unspecified atom stereocenters. The Morgan fingerprint density at radius 1 is 1.08 bits per heavy atom. The lowest BCUT2D eigenvalue weighted by Crippen LogP contribution is -2.19. The first-order valence-corrected chi connectivity index (χ1v) is 8.10. The van der Waals surface area contributed by atoms with Crippen LogP contribution in [0.1, 0.15) is 28.6 Å². The van der Waals surface area contributed by atoms with Gasteiger partial charge in [0, 0.05) is 16.5 Å². The summed E-state index contributed by atoms with van der Waals surface area (Å²) in [5.74, 6) is 1.10. The van der Waals surface area contributed by atoms with Crippen LogP contribution in [0.2, 0.25) is 0 Å². The Balaban J connectivity index is 1.82. The topological polar surface area (TPSA) is 73.1 Å². The van der Waals surface area contributed by atoms with Gasteiger partial charge in [-0.15, -0.1) is 0 Å². The lowest BCUT2D eigenvalue weighted by atomic mass is 10.1. The Hall–Kier alpha value is -3.28. The first-order valence-electron chi connectivity index (χ1n) is 8.10. The van der Waals surface area contributed by atoms with E-state index in [0.29, 0.717) is 22.8 Å². The quantitative estimate of drug-likeness (QED) is 0.558. The van der Waals surface area contributed by atoms with E-state index in [1.54, 1.807) is 33.3 Å². The molecule has 3 rings (SSSR count). The number of fused-ring (bicyclic) bond motifs is 1. The molecular weight excluding hydrogens is 332 g/mol. The molecule has 0 fully saturated rings. The van der Waals surface area contributed by atoms with Gasteiger partial charge >= 0.3 is 5.91 Å². The van der Waals surface area contributed by atoms with Crippen LogP contribution in [0.4, 0.5) is 0 Å². The molecule has 0 aliphatic carbocycles. The summed E-state index contributed by atoms with van der Waals surface area (Å²) in [5, 5.41) is 5.09. The lowest BCUT2D eigenvalue weighted by molar-refractivity contribution is 0.0928. The number of para-hydroxylation sites is 1. The number of nitrogens with zero attached hydrogens (tertiary/aromatic N) is 1. The number of benzene rings is 2.